The molecular formula is C21H29N7O2S2. The molecule has 2 aromatic heterocycles. The van der Waals surface area contributed by atoms with Crippen LogP contribution >= 0.6 is 11.3 Å². The van der Waals surface area contributed by atoms with E-state index >= 15 is 0 Å². The van der Waals surface area contributed by atoms with Gasteiger partial charge in [-0.05, 0) is 50.7 Å². The number of nitrogens with zero attached hydrogens (tertiary/aromatic N) is 4. The minimum absolute atomic E-state index is 0.0819. The molecule has 172 valence electrons. The number of aryl methyl sites for hydroxylation is 1. The highest BCUT2D eigenvalue weighted by atomic mass is 32.2. The van der Waals surface area contributed by atoms with Gasteiger partial charge in [-0.3, -0.25) is 4.98 Å². The molecule has 0 spiro atoms. The molecule has 3 aromatic rings. The van der Waals surface area contributed by atoms with Gasteiger partial charge in [-0.2, -0.15) is 0 Å². The second kappa shape index (κ2) is 10.8. The lowest BCUT2D eigenvalue weighted by Crippen LogP contribution is -2.25. The van der Waals surface area contributed by atoms with Gasteiger partial charge in [-0.15, -0.1) is 0 Å². The third kappa shape index (κ3) is 6.45. The number of aromatic nitrogens is 3. The number of anilines is 3. The van der Waals surface area contributed by atoms with Crippen molar-refractivity contribution in [2.24, 2.45) is 5.14 Å². The molecule has 2 heterocycles. The number of primary sulfonamides is 1. The number of hydrogen-bond acceptors (Lipinski definition) is 9. The van der Waals surface area contributed by atoms with Crippen LogP contribution in [0.3, 0.4) is 0 Å². The van der Waals surface area contributed by atoms with Crippen LogP contribution in [-0.4, -0.2) is 54.4 Å². The molecular weight excluding hydrogens is 446 g/mol. The van der Waals surface area contributed by atoms with Crippen LogP contribution in [0.1, 0.15) is 26.0 Å². The lowest BCUT2D eigenvalue weighted by Gasteiger charge is -2.17. The summed E-state index contributed by atoms with van der Waals surface area (Å²) >= 11 is 1.46. The molecule has 0 aliphatic carbocycles. The van der Waals surface area contributed by atoms with Crippen molar-refractivity contribution in [2.75, 3.05) is 36.8 Å². The third-order valence-electron chi connectivity index (χ3n) is 4.96. The highest BCUT2D eigenvalue weighted by molar-refractivity contribution is 7.89. The van der Waals surface area contributed by atoms with Crippen LogP contribution < -0.4 is 15.8 Å². The molecule has 0 radical (unpaired) electrons. The minimum atomic E-state index is -3.72. The van der Waals surface area contributed by atoms with Crippen molar-refractivity contribution in [1.82, 2.24) is 19.9 Å². The molecule has 0 saturated carbocycles. The van der Waals surface area contributed by atoms with Gasteiger partial charge < -0.3 is 15.5 Å². The van der Waals surface area contributed by atoms with Crippen molar-refractivity contribution in [3.8, 4) is 10.4 Å². The van der Waals surface area contributed by atoms with Crippen LogP contribution in [0.15, 0.2) is 41.6 Å². The maximum atomic E-state index is 11.5. The summed E-state index contributed by atoms with van der Waals surface area (Å²) in [6.45, 7) is 10.2. The van der Waals surface area contributed by atoms with E-state index in [2.05, 4.69) is 44.3 Å². The van der Waals surface area contributed by atoms with Crippen molar-refractivity contribution < 1.29 is 8.42 Å². The maximum absolute atomic E-state index is 11.5. The summed E-state index contributed by atoms with van der Waals surface area (Å²) in [4.78, 5) is 16.8. The average Bonchev–Trinajstić information content (AvgIpc) is 3.13. The van der Waals surface area contributed by atoms with Gasteiger partial charge in [0.25, 0.3) is 0 Å². The molecule has 0 aliphatic rings. The molecule has 9 nitrogen and oxygen atoms in total. The summed E-state index contributed by atoms with van der Waals surface area (Å²) in [5.74, 6) is 1.31. The molecule has 0 bridgehead atoms. The minimum Gasteiger partial charge on any atom is -0.369 e. The highest BCUT2D eigenvalue weighted by Gasteiger charge is 2.13. The SMILES string of the molecule is CCN(CC)CCCNc1cncc(Nc2nc(C)c(-c3ccc(S(N)(=O)=O)cc3)s2)n1. The Balaban J connectivity index is 1.64. The van der Waals surface area contributed by atoms with Gasteiger partial charge in [0.15, 0.2) is 10.9 Å². The first-order valence-corrected chi connectivity index (χ1v) is 12.8. The third-order valence-corrected chi connectivity index (χ3v) is 7.01. The molecule has 32 heavy (non-hydrogen) atoms. The number of sulfonamides is 1. The first kappa shape index (κ1) is 24.1. The Morgan fingerprint density at radius 2 is 1.75 bits per heavy atom. The van der Waals surface area contributed by atoms with E-state index < -0.39 is 10.0 Å². The van der Waals surface area contributed by atoms with Crippen molar-refractivity contribution in [3.63, 3.8) is 0 Å². The predicted molar refractivity (Wildman–Crippen MR) is 130 cm³/mol. The van der Waals surface area contributed by atoms with Gasteiger partial charge in [-0.25, -0.2) is 23.5 Å². The molecule has 11 heteroatoms. The molecule has 0 unspecified atom stereocenters. The lowest BCUT2D eigenvalue weighted by molar-refractivity contribution is 0.303. The Hall–Kier alpha value is -2.60. The molecule has 0 atom stereocenters. The number of benzene rings is 1. The van der Waals surface area contributed by atoms with Crippen LogP contribution in [-0.2, 0) is 10.0 Å². The summed E-state index contributed by atoms with van der Waals surface area (Å²) < 4.78 is 22.9. The average molecular weight is 476 g/mol. The standard InChI is InChI=1S/C21H29N7O2S2/c1-4-28(5-2)12-6-11-24-18-13-23-14-19(26-18)27-21-25-15(3)20(31-21)16-7-9-17(10-8-16)32(22,29)30/h7-10,13-14H,4-6,11-12H2,1-3H3,(H2,22,29,30)(H2,24,25,26,27). The Morgan fingerprint density at radius 3 is 2.41 bits per heavy atom. The van der Waals surface area contributed by atoms with E-state index in [1.54, 1.807) is 24.5 Å². The fourth-order valence-electron chi connectivity index (χ4n) is 3.19. The number of rotatable bonds is 11. The van der Waals surface area contributed by atoms with E-state index in [9.17, 15) is 8.42 Å². The van der Waals surface area contributed by atoms with Crippen molar-refractivity contribution in [3.05, 3.63) is 42.4 Å². The van der Waals surface area contributed by atoms with Crippen LogP contribution in [0.2, 0.25) is 0 Å². The van der Waals surface area contributed by atoms with Crippen molar-refractivity contribution in [2.45, 2.75) is 32.1 Å². The van der Waals surface area contributed by atoms with Crippen LogP contribution in [0.4, 0.5) is 16.8 Å². The van der Waals surface area contributed by atoms with E-state index in [-0.39, 0.29) is 4.90 Å². The molecule has 3 rings (SSSR count). The zero-order chi connectivity index (χ0) is 23.1. The smallest absolute Gasteiger partial charge is 0.238 e. The zero-order valence-corrected chi connectivity index (χ0v) is 20.1. The summed E-state index contributed by atoms with van der Waals surface area (Å²) in [7, 11) is -3.72. The van der Waals surface area contributed by atoms with Gasteiger partial charge >= 0.3 is 0 Å². The van der Waals surface area contributed by atoms with E-state index in [0.717, 1.165) is 48.7 Å². The van der Waals surface area contributed by atoms with Gasteiger partial charge in [0.05, 0.1) is 27.9 Å². The maximum Gasteiger partial charge on any atom is 0.238 e. The largest absolute Gasteiger partial charge is 0.369 e. The van der Waals surface area contributed by atoms with E-state index in [1.165, 1.54) is 23.5 Å². The van der Waals surface area contributed by atoms with Gasteiger partial charge in [-0.1, -0.05) is 37.3 Å². The van der Waals surface area contributed by atoms with Gasteiger partial charge in [0.1, 0.15) is 5.82 Å². The Kier molecular flexibility index (Phi) is 8.13. The Labute approximate surface area is 193 Å². The number of nitrogens with two attached hydrogens (primary N) is 1. The number of nitrogens with one attached hydrogen (secondary N) is 2. The van der Waals surface area contributed by atoms with Crippen molar-refractivity contribution >= 4 is 38.1 Å². The summed E-state index contributed by atoms with van der Waals surface area (Å²) in [6, 6.07) is 6.45. The Bertz CT molecular complexity index is 1130. The topological polar surface area (TPSA) is 126 Å². The zero-order valence-electron chi connectivity index (χ0n) is 18.5. The molecule has 4 N–H and O–H groups in total. The second-order valence-corrected chi connectivity index (χ2v) is 9.79. The predicted octanol–water partition coefficient (Wildman–Crippen LogP) is 3.44. The van der Waals surface area contributed by atoms with Crippen LogP contribution in [0, 0.1) is 6.92 Å². The molecule has 0 fully saturated rings. The highest BCUT2D eigenvalue weighted by Crippen LogP contribution is 2.34. The number of hydrogen-bond donors (Lipinski definition) is 3. The fourth-order valence-corrected chi connectivity index (χ4v) is 4.69. The Morgan fingerprint density at radius 1 is 1.06 bits per heavy atom. The molecule has 1 aromatic carbocycles. The summed E-state index contributed by atoms with van der Waals surface area (Å²) in [6.07, 6.45) is 4.38. The molecule has 0 aliphatic heterocycles. The summed E-state index contributed by atoms with van der Waals surface area (Å²) in [5, 5.41) is 12.4. The van der Waals surface area contributed by atoms with Crippen molar-refractivity contribution in [1.29, 1.82) is 0 Å². The van der Waals surface area contributed by atoms with Crippen LogP contribution in [0.25, 0.3) is 10.4 Å². The van der Waals surface area contributed by atoms with E-state index in [0.29, 0.717) is 16.8 Å². The van der Waals surface area contributed by atoms with Crippen LogP contribution in [0.5, 0.6) is 0 Å². The summed E-state index contributed by atoms with van der Waals surface area (Å²) in [5.41, 5.74) is 1.70. The molecule has 0 amide bonds. The normalized spacial score (nSPS) is 11.7. The monoisotopic (exact) mass is 475 g/mol. The van der Waals surface area contributed by atoms with Gasteiger partial charge in [0.2, 0.25) is 10.0 Å². The fraction of sp³-hybridized carbons (Fsp3) is 0.381. The second-order valence-electron chi connectivity index (χ2n) is 7.22. The first-order valence-electron chi connectivity index (χ1n) is 10.5. The molecule has 0 saturated heterocycles. The lowest BCUT2D eigenvalue weighted by atomic mass is 10.2. The van der Waals surface area contributed by atoms with E-state index in [4.69, 9.17) is 5.14 Å². The van der Waals surface area contributed by atoms with Gasteiger partial charge in [0, 0.05) is 6.54 Å². The first-order chi connectivity index (χ1) is 15.3. The quantitative estimate of drug-likeness (QED) is 0.360. The van der Waals surface area contributed by atoms with E-state index in [1.807, 2.05) is 6.92 Å². The number of thiazole rings is 1.